The summed E-state index contributed by atoms with van der Waals surface area (Å²) in [7, 11) is 2.01. The molecule has 0 aromatic heterocycles. The first kappa shape index (κ1) is 14.5. The zero-order valence-corrected chi connectivity index (χ0v) is 12.7. The fourth-order valence-electron chi connectivity index (χ4n) is 2.77. The monoisotopic (exact) mass is 288 g/mol. The van der Waals surface area contributed by atoms with Gasteiger partial charge in [0.25, 0.3) is 0 Å². The molecule has 21 heavy (non-hydrogen) atoms. The van der Waals surface area contributed by atoms with Crippen LogP contribution in [0.3, 0.4) is 0 Å². The predicted molar refractivity (Wildman–Crippen MR) is 83.1 cm³/mol. The molecule has 0 spiro atoms. The number of piperazine rings is 1. The molecule has 1 saturated heterocycles. The van der Waals surface area contributed by atoms with Gasteiger partial charge in [0.1, 0.15) is 0 Å². The molecule has 2 heterocycles. The van der Waals surface area contributed by atoms with Gasteiger partial charge in [0, 0.05) is 51.2 Å². The minimum absolute atomic E-state index is 0.192. The molecule has 2 aliphatic rings. The second-order valence-corrected chi connectivity index (χ2v) is 5.62. The smallest absolute Gasteiger partial charge is 0.227 e. The molecule has 1 N–H and O–H groups in total. The first-order valence-corrected chi connectivity index (χ1v) is 7.74. The van der Waals surface area contributed by atoms with E-state index in [4.69, 9.17) is 4.74 Å². The number of para-hydroxylation sites is 1. The number of hydrogen-bond acceptors (Lipinski definition) is 5. The van der Waals surface area contributed by atoms with Crippen LogP contribution in [0.2, 0.25) is 0 Å². The molecule has 0 bridgehead atoms. The summed E-state index contributed by atoms with van der Waals surface area (Å²) in [6, 6.07) is 8.17. The number of ether oxygens (including phenoxy) is 1. The van der Waals surface area contributed by atoms with Gasteiger partial charge in [-0.2, -0.15) is 0 Å². The van der Waals surface area contributed by atoms with Crippen LogP contribution in [-0.4, -0.2) is 62.5 Å². The number of hydrogen-bond donors (Lipinski definition) is 1. The van der Waals surface area contributed by atoms with Gasteiger partial charge in [-0.25, -0.2) is 4.99 Å². The number of rotatable bonds is 5. The molecule has 5 nitrogen and oxygen atoms in total. The highest BCUT2D eigenvalue weighted by atomic mass is 16.5. The Bertz CT molecular complexity index is 568. The highest BCUT2D eigenvalue weighted by Crippen LogP contribution is 2.04. The van der Waals surface area contributed by atoms with Crippen molar-refractivity contribution in [1.82, 2.24) is 15.1 Å². The third-order valence-corrected chi connectivity index (χ3v) is 3.97. The fraction of sp³-hybridized carbons (Fsp3) is 0.562. The van der Waals surface area contributed by atoms with E-state index in [1.807, 2.05) is 30.1 Å². The summed E-state index contributed by atoms with van der Waals surface area (Å²) in [5, 5.41) is 5.54. The molecule has 5 heteroatoms. The third kappa shape index (κ3) is 3.81. The predicted octanol–water partition coefficient (Wildman–Crippen LogP) is -0.415. The SMILES string of the molecule is CN1C=c2ccccc2=NC1OCCCN1CCNCC1. The first-order chi connectivity index (χ1) is 10.3. The van der Waals surface area contributed by atoms with E-state index in [2.05, 4.69) is 27.5 Å². The van der Waals surface area contributed by atoms with Gasteiger partial charge in [-0.3, -0.25) is 0 Å². The summed E-state index contributed by atoms with van der Waals surface area (Å²) in [4.78, 5) is 9.18. The maximum absolute atomic E-state index is 5.93. The molecule has 1 aromatic rings. The van der Waals surface area contributed by atoms with Crippen molar-refractivity contribution in [3.8, 4) is 0 Å². The van der Waals surface area contributed by atoms with Crippen molar-refractivity contribution in [2.45, 2.75) is 12.8 Å². The zero-order chi connectivity index (χ0) is 14.5. The summed E-state index contributed by atoms with van der Waals surface area (Å²) < 4.78 is 5.93. The van der Waals surface area contributed by atoms with Crippen LogP contribution in [0.15, 0.2) is 29.3 Å². The number of nitrogens with zero attached hydrogens (tertiary/aromatic N) is 3. The molecule has 0 amide bonds. The van der Waals surface area contributed by atoms with Crippen molar-refractivity contribution in [1.29, 1.82) is 0 Å². The normalized spacial score (nSPS) is 22.3. The molecule has 2 aliphatic heterocycles. The first-order valence-electron chi connectivity index (χ1n) is 7.74. The number of nitrogens with one attached hydrogen (secondary N) is 1. The van der Waals surface area contributed by atoms with E-state index in [1.54, 1.807) is 0 Å². The van der Waals surface area contributed by atoms with E-state index in [0.717, 1.165) is 56.3 Å². The van der Waals surface area contributed by atoms with Crippen LogP contribution >= 0.6 is 0 Å². The third-order valence-electron chi connectivity index (χ3n) is 3.97. The molecule has 1 aromatic carbocycles. The summed E-state index contributed by atoms with van der Waals surface area (Å²) in [5.74, 6) is 0. The van der Waals surface area contributed by atoms with Gasteiger partial charge < -0.3 is 19.9 Å². The average molecular weight is 288 g/mol. The minimum atomic E-state index is -0.192. The lowest BCUT2D eigenvalue weighted by molar-refractivity contribution is -0.0200. The largest absolute Gasteiger partial charge is 0.339 e. The van der Waals surface area contributed by atoms with Gasteiger partial charge in [-0.05, 0) is 12.5 Å². The Balaban J connectivity index is 1.48. The molecule has 1 unspecified atom stereocenters. The van der Waals surface area contributed by atoms with Gasteiger partial charge in [0.05, 0.1) is 12.0 Å². The van der Waals surface area contributed by atoms with E-state index in [0.29, 0.717) is 0 Å². The fourth-order valence-corrected chi connectivity index (χ4v) is 2.77. The maximum Gasteiger partial charge on any atom is 0.227 e. The Morgan fingerprint density at radius 2 is 2.10 bits per heavy atom. The lowest BCUT2D eigenvalue weighted by Gasteiger charge is -2.28. The summed E-state index contributed by atoms with van der Waals surface area (Å²) in [5.41, 5.74) is 0. The van der Waals surface area contributed by atoms with Crippen LogP contribution < -0.4 is 15.9 Å². The van der Waals surface area contributed by atoms with Crippen molar-refractivity contribution < 1.29 is 4.74 Å². The van der Waals surface area contributed by atoms with E-state index >= 15 is 0 Å². The van der Waals surface area contributed by atoms with Crippen molar-refractivity contribution in [2.75, 3.05) is 46.4 Å². The van der Waals surface area contributed by atoms with Gasteiger partial charge in [0.2, 0.25) is 6.35 Å². The molecule has 0 aliphatic carbocycles. The summed E-state index contributed by atoms with van der Waals surface area (Å²) in [6.45, 7) is 6.36. The van der Waals surface area contributed by atoms with Crippen LogP contribution in [0.25, 0.3) is 6.20 Å². The lowest BCUT2D eigenvalue weighted by atomic mass is 10.3. The maximum atomic E-state index is 5.93. The Hall–Kier alpha value is -1.43. The van der Waals surface area contributed by atoms with Crippen molar-refractivity contribution >= 4 is 6.20 Å². The molecule has 1 fully saturated rings. The van der Waals surface area contributed by atoms with Gasteiger partial charge >= 0.3 is 0 Å². The Kier molecular flexibility index (Phi) is 4.85. The number of fused-ring (bicyclic) bond motifs is 1. The number of benzene rings is 1. The Morgan fingerprint density at radius 1 is 1.29 bits per heavy atom. The van der Waals surface area contributed by atoms with Crippen molar-refractivity contribution in [3.63, 3.8) is 0 Å². The molecule has 0 radical (unpaired) electrons. The molecular weight excluding hydrogens is 264 g/mol. The van der Waals surface area contributed by atoms with Gasteiger partial charge in [-0.15, -0.1) is 0 Å². The Morgan fingerprint density at radius 3 is 2.95 bits per heavy atom. The van der Waals surface area contributed by atoms with Crippen LogP contribution in [0.5, 0.6) is 0 Å². The van der Waals surface area contributed by atoms with Crippen molar-refractivity contribution in [3.05, 3.63) is 34.8 Å². The van der Waals surface area contributed by atoms with Crippen LogP contribution in [0.4, 0.5) is 0 Å². The standard InChI is InChI=1S/C16H24N4O/c1-19-13-14-5-2-3-6-15(14)18-16(19)21-12-4-9-20-10-7-17-8-11-20/h2-3,5-6,13,16-17H,4,7-12H2,1H3. The molecule has 1 atom stereocenters. The van der Waals surface area contributed by atoms with Crippen molar-refractivity contribution in [2.24, 2.45) is 4.99 Å². The van der Waals surface area contributed by atoms with Crippen LogP contribution in [0, 0.1) is 0 Å². The van der Waals surface area contributed by atoms with Gasteiger partial charge in [-0.1, -0.05) is 18.2 Å². The summed E-state index contributed by atoms with van der Waals surface area (Å²) >= 11 is 0. The molecule has 114 valence electrons. The lowest BCUT2D eigenvalue weighted by Crippen LogP contribution is -2.44. The zero-order valence-electron chi connectivity index (χ0n) is 12.7. The highest BCUT2D eigenvalue weighted by molar-refractivity contribution is 5.23. The van der Waals surface area contributed by atoms with E-state index in [1.165, 1.54) is 0 Å². The quantitative estimate of drug-likeness (QED) is 0.748. The van der Waals surface area contributed by atoms with E-state index in [-0.39, 0.29) is 6.35 Å². The molecular formula is C16H24N4O. The second-order valence-electron chi connectivity index (χ2n) is 5.62. The van der Waals surface area contributed by atoms with Crippen LogP contribution in [0.1, 0.15) is 6.42 Å². The summed E-state index contributed by atoms with van der Waals surface area (Å²) in [6.07, 6.45) is 2.97. The Labute approximate surface area is 125 Å². The van der Waals surface area contributed by atoms with Crippen LogP contribution in [-0.2, 0) is 4.74 Å². The van der Waals surface area contributed by atoms with E-state index < -0.39 is 0 Å². The van der Waals surface area contributed by atoms with E-state index in [9.17, 15) is 0 Å². The molecule has 3 rings (SSSR count). The minimum Gasteiger partial charge on any atom is -0.339 e. The highest BCUT2D eigenvalue weighted by Gasteiger charge is 2.14. The second kappa shape index (κ2) is 7.02. The molecule has 0 saturated carbocycles. The average Bonchev–Trinajstić information content (AvgIpc) is 2.53. The topological polar surface area (TPSA) is 40.1 Å². The van der Waals surface area contributed by atoms with Gasteiger partial charge in [0.15, 0.2) is 0 Å².